The molecule has 38 heavy (non-hydrogen) atoms. The number of anilines is 3. The van der Waals surface area contributed by atoms with Crippen LogP contribution in [0.5, 0.6) is 0 Å². The Kier molecular flexibility index (Phi) is 9.17. The highest BCUT2D eigenvalue weighted by atomic mass is 32.1. The maximum atomic E-state index is 12.8. The molecule has 0 spiro atoms. The third-order valence-electron chi connectivity index (χ3n) is 4.90. The topological polar surface area (TPSA) is 209 Å². The highest BCUT2D eigenvalue weighted by Crippen LogP contribution is 2.23. The van der Waals surface area contributed by atoms with E-state index in [4.69, 9.17) is 20.9 Å². The van der Waals surface area contributed by atoms with Gasteiger partial charge >= 0.3 is 12.1 Å². The molecule has 0 unspecified atom stereocenters. The minimum Gasteiger partial charge on any atom is -0.467 e. The van der Waals surface area contributed by atoms with Gasteiger partial charge in [0.25, 0.3) is 5.91 Å². The number of fused-ring (bicyclic) bond motifs is 1. The van der Waals surface area contributed by atoms with Crippen molar-refractivity contribution in [2.75, 3.05) is 30.4 Å². The van der Waals surface area contributed by atoms with Crippen LogP contribution in [-0.4, -0.2) is 63.2 Å². The Morgan fingerprint density at radius 1 is 1.13 bits per heavy atom. The van der Waals surface area contributed by atoms with E-state index in [1.165, 1.54) is 18.4 Å². The summed E-state index contributed by atoms with van der Waals surface area (Å²) in [6.45, 7) is 5.88. The molecule has 14 nitrogen and oxygen atoms in total. The highest BCUT2D eigenvalue weighted by molar-refractivity contribution is 7.17. The van der Waals surface area contributed by atoms with Crippen molar-refractivity contribution >= 4 is 57.2 Å². The molecule has 1 atom stereocenters. The summed E-state index contributed by atoms with van der Waals surface area (Å²) in [6, 6.07) is 2.51. The number of methoxy groups -OCH3 is 1. The summed E-state index contributed by atoms with van der Waals surface area (Å²) in [5, 5.41) is 9.19. The molecule has 0 saturated heterocycles. The zero-order valence-corrected chi connectivity index (χ0v) is 22.3. The fourth-order valence-corrected chi connectivity index (χ4v) is 4.04. The smallest absolute Gasteiger partial charge is 0.407 e. The zero-order valence-electron chi connectivity index (χ0n) is 21.5. The molecule has 7 N–H and O–H groups in total. The predicted octanol–water partition coefficient (Wildman–Crippen LogP) is 1.83. The van der Waals surface area contributed by atoms with Gasteiger partial charge in [-0.05, 0) is 45.7 Å². The molecule has 15 heteroatoms. The summed E-state index contributed by atoms with van der Waals surface area (Å²) in [7, 11) is 1.25. The molecular formula is C23H31N9O5S. The van der Waals surface area contributed by atoms with Crippen LogP contribution in [0, 0.1) is 0 Å². The van der Waals surface area contributed by atoms with Crippen molar-refractivity contribution in [3.05, 3.63) is 28.9 Å². The Bertz CT molecular complexity index is 1310. The van der Waals surface area contributed by atoms with Crippen LogP contribution in [0.4, 0.5) is 21.6 Å². The standard InChI is InChI=1S/C23H31N9O5S/c1-23(2,3)37-22(35)26-9-5-6-13(20(34)36-4)30-19(33)14-7-8-15(38-14)27-10-12-11-28-18-16(29-12)17(24)31-21(25)32-18/h7-8,11,13,27H,5-6,9-10H2,1-4H3,(H,26,35)(H,30,33)(H4,24,25,28,31,32)/t13-/m0/s1. The first-order valence-electron chi connectivity index (χ1n) is 11.7. The number of alkyl carbamates (subject to hydrolysis) is 1. The third-order valence-corrected chi connectivity index (χ3v) is 5.95. The van der Waals surface area contributed by atoms with Crippen molar-refractivity contribution < 1.29 is 23.9 Å². The number of rotatable bonds is 10. The van der Waals surface area contributed by atoms with Crippen molar-refractivity contribution in [3.63, 3.8) is 0 Å². The lowest BCUT2D eigenvalue weighted by Gasteiger charge is -2.20. The summed E-state index contributed by atoms with van der Waals surface area (Å²) in [5.41, 5.74) is 12.1. The van der Waals surface area contributed by atoms with E-state index in [-0.39, 0.29) is 24.7 Å². The number of nitrogens with two attached hydrogens (primary N) is 2. The summed E-state index contributed by atoms with van der Waals surface area (Å²) < 4.78 is 9.99. The number of hydrogen-bond acceptors (Lipinski definition) is 13. The van der Waals surface area contributed by atoms with E-state index >= 15 is 0 Å². The van der Waals surface area contributed by atoms with Crippen LogP contribution in [0.2, 0.25) is 0 Å². The molecule has 0 aromatic carbocycles. The Hall–Kier alpha value is -4.27. The molecule has 0 saturated carbocycles. The largest absolute Gasteiger partial charge is 0.467 e. The highest BCUT2D eigenvalue weighted by Gasteiger charge is 2.23. The monoisotopic (exact) mass is 545 g/mol. The van der Waals surface area contributed by atoms with Crippen LogP contribution < -0.4 is 27.4 Å². The molecule has 0 aliphatic carbocycles. The molecule has 3 aromatic heterocycles. The van der Waals surface area contributed by atoms with Crippen LogP contribution in [0.15, 0.2) is 18.3 Å². The van der Waals surface area contributed by atoms with Gasteiger partial charge in [0.2, 0.25) is 5.95 Å². The van der Waals surface area contributed by atoms with Crippen LogP contribution in [-0.2, 0) is 20.8 Å². The van der Waals surface area contributed by atoms with E-state index in [2.05, 4.69) is 35.9 Å². The Labute approximate surface area is 222 Å². The van der Waals surface area contributed by atoms with Gasteiger partial charge in [0.1, 0.15) is 11.6 Å². The maximum absolute atomic E-state index is 12.8. The Morgan fingerprint density at radius 3 is 2.61 bits per heavy atom. The zero-order chi connectivity index (χ0) is 27.9. The van der Waals surface area contributed by atoms with Crippen molar-refractivity contribution in [3.8, 4) is 0 Å². The van der Waals surface area contributed by atoms with Crippen LogP contribution in [0.1, 0.15) is 49.0 Å². The first-order valence-corrected chi connectivity index (χ1v) is 12.5. The second-order valence-electron chi connectivity index (χ2n) is 9.14. The maximum Gasteiger partial charge on any atom is 0.407 e. The normalized spacial score (nSPS) is 12.0. The van der Waals surface area contributed by atoms with Crippen molar-refractivity contribution in [2.24, 2.45) is 0 Å². The summed E-state index contributed by atoms with van der Waals surface area (Å²) in [5.74, 6) is -0.846. The Balaban J connectivity index is 1.53. The number of nitrogens with zero attached hydrogens (tertiary/aromatic N) is 4. The van der Waals surface area contributed by atoms with E-state index in [9.17, 15) is 14.4 Å². The van der Waals surface area contributed by atoms with Gasteiger partial charge in [-0.2, -0.15) is 9.97 Å². The number of hydrogen-bond donors (Lipinski definition) is 5. The molecule has 0 aliphatic heterocycles. The van der Waals surface area contributed by atoms with E-state index in [0.717, 1.165) is 0 Å². The number of esters is 1. The van der Waals surface area contributed by atoms with Crippen molar-refractivity contribution in [1.29, 1.82) is 0 Å². The fourth-order valence-electron chi connectivity index (χ4n) is 3.23. The third kappa shape index (κ3) is 8.12. The van der Waals surface area contributed by atoms with Gasteiger partial charge in [-0.25, -0.2) is 19.6 Å². The lowest BCUT2D eigenvalue weighted by atomic mass is 10.1. The van der Waals surface area contributed by atoms with Gasteiger partial charge in [0.15, 0.2) is 17.0 Å². The quantitative estimate of drug-likeness (QED) is 0.182. The molecule has 3 rings (SSSR count). The number of nitrogens with one attached hydrogen (secondary N) is 3. The van der Waals surface area contributed by atoms with Gasteiger partial charge in [-0.15, -0.1) is 11.3 Å². The van der Waals surface area contributed by atoms with E-state index in [1.54, 1.807) is 39.1 Å². The number of amides is 2. The van der Waals surface area contributed by atoms with Gasteiger partial charge in [-0.1, -0.05) is 0 Å². The lowest BCUT2D eigenvalue weighted by Crippen LogP contribution is -2.42. The first-order chi connectivity index (χ1) is 17.9. The van der Waals surface area contributed by atoms with Crippen molar-refractivity contribution in [2.45, 2.75) is 51.8 Å². The van der Waals surface area contributed by atoms with Gasteiger partial charge in [-0.3, -0.25) is 4.79 Å². The molecule has 3 aromatic rings. The van der Waals surface area contributed by atoms with Gasteiger partial charge in [0, 0.05) is 6.54 Å². The molecule has 0 radical (unpaired) electrons. The second kappa shape index (κ2) is 12.3. The predicted molar refractivity (Wildman–Crippen MR) is 142 cm³/mol. The molecule has 0 aliphatic rings. The number of thiophene rings is 1. The fraction of sp³-hybridized carbons (Fsp3) is 0.435. The molecule has 3 heterocycles. The number of carbonyl (C=O) groups excluding carboxylic acids is 3. The molecule has 0 fully saturated rings. The second-order valence-corrected chi connectivity index (χ2v) is 10.2. The number of nitrogen functional groups attached to an aromatic ring is 2. The van der Waals surface area contributed by atoms with Crippen LogP contribution in [0.25, 0.3) is 11.2 Å². The van der Waals surface area contributed by atoms with Gasteiger partial charge in [0.05, 0.1) is 35.4 Å². The average molecular weight is 546 g/mol. The van der Waals surface area contributed by atoms with Crippen molar-refractivity contribution in [1.82, 2.24) is 30.6 Å². The van der Waals surface area contributed by atoms with Crippen LogP contribution >= 0.6 is 11.3 Å². The summed E-state index contributed by atoms with van der Waals surface area (Å²) in [6.07, 6.45) is 1.68. The van der Waals surface area contributed by atoms with Crippen LogP contribution in [0.3, 0.4) is 0 Å². The SMILES string of the molecule is COC(=O)[C@H](CCCNC(=O)OC(C)(C)C)NC(=O)c1ccc(NCc2cnc3nc(N)nc(N)c3n2)s1. The minimum atomic E-state index is -0.874. The summed E-state index contributed by atoms with van der Waals surface area (Å²) in [4.78, 5) is 53.7. The first kappa shape index (κ1) is 28.3. The van der Waals surface area contributed by atoms with E-state index in [0.29, 0.717) is 39.7 Å². The number of aromatic nitrogens is 4. The lowest BCUT2D eigenvalue weighted by molar-refractivity contribution is -0.143. The molecular weight excluding hydrogens is 514 g/mol. The molecule has 204 valence electrons. The minimum absolute atomic E-state index is 0.0199. The van der Waals surface area contributed by atoms with Gasteiger partial charge < -0.3 is 36.9 Å². The average Bonchev–Trinajstić information content (AvgIpc) is 3.32. The molecule has 2 amide bonds. The Morgan fingerprint density at radius 2 is 1.89 bits per heavy atom. The molecule has 0 bridgehead atoms. The summed E-state index contributed by atoms with van der Waals surface area (Å²) >= 11 is 1.20. The number of carbonyl (C=O) groups is 3. The van der Waals surface area contributed by atoms with E-state index < -0.39 is 29.6 Å². The number of ether oxygens (including phenoxy) is 2. The van der Waals surface area contributed by atoms with E-state index in [1.807, 2.05) is 0 Å².